The van der Waals surface area contributed by atoms with Gasteiger partial charge in [0.2, 0.25) is 0 Å². The van der Waals surface area contributed by atoms with Gasteiger partial charge in [-0.1, -0.05) is 30.7 Å². The van der Waals surface area contributed by atoms with Crippen molar-refractivity contribution in [3.05, 3.63) is 65.7 Å². The smallest absolute Gasteiger partial charge is 0.254 e. The number of rotatable bonds is 7. The van der Waals surface area contributed by atoms with Crippen LogP contribution in [0.1, 0.15) is 35.4 Å². The molecular weight excluding hydrogens is 317 g/mol. The molecule has 0 saturated heterocycles. The van der Waals surface area contributed by atoms with Gasteiger partial charge in [-0.05, 0) is 37.1 Å². The number of hydrogen-bond donors (Lipinski definition) is 1. The van der Waals surface area contributed by atoms with E-state index in [0.717, 1.165) is 42.5 Å². The fourth-order valence-corrected chi connectivity index (χ4v) is 2.95. The van der Waals surface area contributed by atoms with Crippen LogP contribution in [0.4, 0.5) is 4.39 Å². The molecule has 0 unspecified atom stereocenters. The predicted molar refractivity (Wildman–Crippen MR) is 97.0 cm³/mol. The maximum absolute atomic E-state index is 13.5. The molecule has 0 aliphatic heterocycles. The monoisotopic (exact) mass is 339 g/mol. The number of hydrogen-bond acceptors (Lipinski definition) is 2. The summed E-state index contributed by atoms with van der Waals surface area (Å²) in [5.41, 5.74) is 2.27. The second kappa shape index (κ2) is 7.92. The lowest BCUT2D eigenvalue weighted by molar-refractivity contribution is 0.0949. The van der Waals surface area contributed by atoms with Crippen molar-refractivity contribution in [1.29, 1.82) is 0 Å². The van der Waals surface area contributed by atoms with Crippen molar-refractivity contribution < 1.29 is 9.18 Å². The molecule has 0 bridgehead atoms. The minimum absolute atomic E-state index is 0.0993. The van der Waals surface area contributed by atoms with Crippen LogP contribution < -0.4 is 5.32 Å². The van der Waals surface area contributed by atoms with Crippen LogP contribution in [-0.2, 0) is 13.5 Å². The van der Waals surface area contributed by atoms with E-state index in [9.17, 15) is 9.18 Å². The molecular formula is C20H22FN3O. The van der Waals surface area contributed by atoms with Gasteiger partial charge in [0.15, 0.2) is 0 Å². The van der Waals surface area contributed by atoms with Gasteiger partial charge >= 0.3 is 0 Å². The van der Waals surface area contributed by atoms with Crippen LogP contribution in [0.2, 0.25) is 0 Å². The lowest BCUT2D eigenvalue weighted by atomic mass is 10.1. The molecule has 1 amide bonds. The van der Waals surface area contributed by atoms with Crippen LogP contribution in [0.3, 0.4) is 0 Å². The highest BCUT2D eigenvalue weighted by Crippen LogP contribution is 2.16. The Morgan fingerprint density at radius 2 is 1.84 bits per heavy atom. The Labute approximate surface area is 146 Å². The van der Waals surface area contributed by atoms with Gasteiger partial charge in [0, 0.05) is 20.0 Å². The standard InChI is InChI=1S/C20H22FN3O/c1-24-18-12-7-6-11-17(18)23-19(24)13-3-2-8-14-22-20(25)15-9-4-5-10-16(15)21/h4-7,9-12H,2-3,8,13-14H2,1H3,(H,22,25). The van der Waals surface area contributed by atoms with E-state index in [4.69, 9.17) is 0 Å². The molecule has 0 aliphatic carbocycles. The van der Waals surface area contributed by atoms with Crippen molar-refractivity contribution >= 4 is 16.9 Å². The molecule has 1 heterocycles. The number of aryl methyl sites for hydroxylation is 2. The van der Waals surface area contributed by atoms with Crippen molar-refractivity contribution in [3.63, 3.8) is 0 Å². The fraction of sp³-hybridized carbons (Fsp3) is 0.300. The summed E-state index contributed by atoms with van der Waals surface area (Å²) in [4.78, 5) is 16.6. The summed E-state index contributed by atoms with van der Waals surface area (Å²) in [6.07, 6.45) is 3.77. The largest absolute Gasteiger partial charge is 0.352 e. The first-order valence-electron chi connectivity index (χ1n) is 8.60. The number of nitrogens with one attached hydrogen (secondary N) is 1. The summed E-state index contributed by atoms with van der Waals surface area (Å²) in [7, 11) is 2.04. The number of nitrogens with zero attached hydrogens (tertiary/aromatic N) is 2. The number of para-hydroxylation sites is 2. The van der Waals surface area contributed by atoms with Gasteiger partial charge in [-0.15, -0.1) is 0 Å². The Morgan fingerprint density at radius 1 is 1.08 bits per heavy atom. The van der Waals surface area contributed by atoms with Gasteiger partial charge in [-0.2, -0.15) is 0 Å². The van der Waals surface area contributed by atoms with E-state index in [1.54, 1.807) is 12.1 Å². The molecule has 0 saturated carbocycles. The Hall–Kier alpha value is -2.69. The topological polar surface area (TPSA) is 46.9 Å². The molecule has 4 nitrogen and oxygen atoms in total. The van der Waals surface area contributed by atoms with Gasteiger partial charge < -0.3 is 9.88 Å². The summed E-state index contributed by atoms with van der Waals surface area (Å²) in [5, 5.41) is 2.77. The number of fused-ring (bicyclic) bond motifs is 1. The zero-order chi connectivity index (χ0) is 17.6. The Bertz CT molecular complexity index is 872. The summed E-state index contributed by atoms with van der Waals surface area (Å²) < 4.78 is 15.6. The van der Waals surface area contributed by atoms with Crippen LogP contribution in [-0.4, -0.2) is 22.0 Å². The molecule has 130 valence electrons. The number of amides is 1. The molecule has 0 aliphatic rings. The molecule has 0 radical (unpaired) electrons. The first-order valence-corrected chi connectivity index (χ1v) is 8.60. The summed E-state index contributed by atoms with van der Waals surface area (Å²) >= 11 is 0. The average Bonchev–Trinajstić information content (AvgIpc) is 2.94. The van der Waals surface area contributed by atoms with E-state index in [2.05, 4.69) is 20.9 Å². The third-order valence-corrected chi connectivity index (χ3v) is 4.36. The summed E-state index contributed by atoms with van der Waals surface area (Å²) in [6, 6.07) is 14.1. The van der Waals surface area contributed by atoms with Gasteiger partial charge in [-0.25, -0.2) is 9.37 Å². The lowest BCUT2D eigenvalue weighted by Gasteiger charge is -2.06. The quantitative estimate of drug-likeness (QED) is 0.665. The summed E-state index contributed by atoms with van der Waals surface area (Å²) in [6.45, 7) is 0.551. The number of halogens is 1. The maximum atomic E-state index is 13.5. The number of aromatic nitrogens is 2. The molecule has 0 atom stereocenters. The van der Waals surface area contributed by atoms with Crippen molar-refractivity contribution in [2.24, 2.45) is 7.05 Å². The highest BCUT2D eigenvalue weighted by atomic mass is 19.1. The number of carbonyl (C=O) groups is 1. The second-order valence-corrected chi connectivity index (χ2v) is 6.12. The van der Waals surface area contributed by atoms with E-state index in [-0.39, 0.29) is 11.5 Å². The SMILES string of the molecule is Cn1c(CCCCCNC(=O)c2ccccc2F)nc2ccccc21. The maximum Gasteiger partial charge on any atom is 0.254 e. The van der Waals surface area contributed by atoms with Crippen molar-refractivity contribution in [2.45, 2.75) is 25.7 Å². The van der Waals surface area contributed by atoms with Crippen LogP contribution in [0.25, 0.3) is 11.0 Å². The third kappa shape index (κ3) is 4.05. The van der Waals surface area contributed by atoms with E-state index in [1.807, 2.05) is 25.2 Å². The van der Waals surface area contributed by atoms with Gasteiger partial charge in [0.05, 0.1) is 16.6 Å². The zero-order valence-corrected chi connectivity index (χ0v) is 14.3. The van der Waals surface area contributed by atoms with Crippen molar-refractivity contribution in [3.8, 4) is 0 Å². The molecule has 0 fully saturated rings. The van der Waals surface area contributed by atoms with E-state index in [0.29, 0.717) is 6.54 Å². The highest BCUT2D eigenvalue weighted by Gasteiger charge is 2.10. The molecule has 1 aromatic heterocycles. The number of carbonyl (C=O) groups excluding carboxylic acids is 1. The number of unbranched alkanes of at least 4 members (excludes halogenated alkanes) is 2. The predicted octanol–water partition coefficient (Wildman–Crippen LogP) is 3.86. The van der Waals surface area contributed by atoms with E-state index in [1.165, 1.54) is 12.1 Å². The minimum atomic E-state index is -0.484. The number of benzene rings is 2. The minimum Gasteiger partial charge on any atom is -0.352 e. The molecule has 2 aromatic carbocycles. The molecule has 25 heavy (non-hydrogen) atoms. The molecule has 0 spiro atoms. The molecule has 5 heteroatoms. The van der Waals surface area contributed by atoms with Gasteiger partial charge in [-0.3, -0.25) is 4.79 Å². The molecule has 3 aromatic rings. The Balaban J connectivity index is 1.41. The van der Waals surface area contributed by atoms with Crippen LogP contribution >= 0.6 is 0 Å². The lowest BCUT2D eigenvalue weighted by Crippen LogP contribution is -2.25. The van der Waals surface area contributed by atoms with E-state index >= 15 is 0 Å². The van der Waals surface area contributed by atoms with Gasteiger partial charge in [0.1, 0.15) is 11.6 Å². The first-order chi connectivity index (χ1) is 12.2. The number of imidazole rings is 1. The van der Waals surface area contributed by atoms with Crippen LogP contribution in [0.5, 0.6) is 0 Å². The second-order valence-electron chi connectivity index (χ2n) is 6.12. The molecule has 1 N–H and O–H groups in total. The first kappa shape index (κ1) is 17.1. The molecule has 3 rings (SSSR count). The van der Waals surface area contributed by atoms with Crippen molar-refractivity contribution in [1.82, 2.24) is 14.9 Å². The van der Waals surface area contributed by atoms with Crippen LogP contribution in [0.15, 0.2) is 48.5 Å². The summed E-state index contributed by atoms with van der Waals surface area (Å²) in [5.74, 6) is 0.242. The highest BCUT2D eigenvalue weighted by molar-refractivity contribution is 5.94. The average molecular weight is 339 g/mol. The zero-order valence-electron chi connectivity index (χ0n) is 14.3. The normalized spacial score (nSPS) is 11.0. The Kier molecular flexibility index (Phi) is 5.43. The van der Waals surface area contributed by atoms with E-state index < -0.39 is 5.82 Å². The van der Waals surface area contributed by atoms with Crippen LogP contribution in [0, 0.1) is 5.82 Å². The third-order valence-electron chi connectivity index (χ3n) is 4.36. The Morgan fingerprint density at radius 3 is 2.64 bits per heavy atom. The fourth-order valence-electron chi connectivity index (χ4n) is 2.95. The van der Waals surface area contributed by atoms with Gasteiger partial charge in [0.25, 0.3) is 5.91 Å². The van der Waals surface area contributed by atoms with Crippen molar-refractivity contribution in [2.75, 3.05) is 6.54 Å².